The highest BCUT2D eigenvalue weighted by Crippen LogP contribution is 2.25. The second kappa shape index (κ2) is 13.1. The molecule has 192 valence electrons. The first-order valence-corrected chi connectivity index (χ1v) is 11.8. The van der Waals surface area contributed by atoms with Crippen LogP contribution in [-0.4, -0.2) is 72.7 Å². The lowest BCUT2D eigenvalue weighted by molar-refractivity contribution is -0.142. The van der Waals surface area contributed by atoms with E-state index in [2.05, 4.69) is 10.6 Å². The van der Waals surface area contributed by atoms with E-state index < -0.39 is 28.9 Å². The Hall–Kier alpha value is -1.93. The normalized spacial score (nSPS) is 16.2. The van der Waals surface area contributed by atoms with Gasteiger partial charge in [-0.25, -0.2) is 4.79 Å². The van der Waals surface area contributed by atoms with Gasteiger partial charge in [0.25, 0.3) is 0 Å². The molecule has 0 saturated carbocycles. The van der Waals surface area contributed by atoms with Crippen LogP contribution in [0.15, 0.2) is 11.6 Å². The van der Waals surface area contributed by atoms with Gasteiger partial charge in [0, 0.05) is 12.6 Å². The lowest BCUT2D eigenvalue weighted by Crippen LogP contribution is -2.64. The van der Waals surface area contributed by atoms with Crippen LogP contribution in [-0.2, 0) is 19.1 Å². The molecule has 0 fully saturated rings. The van der Waals surface area contributed by atoms with Crippen LogP contribution in [0.1, 0.15) is 68.7 Å². The number of carbonyl (C=O) groups is 3. The average Bonchev–Trinajstić information content (AvgIpc) is 2.71. The Balaban J connectivity index is 6.06. The summed E-state index contributed by atoms with van der Waals surface area (Å²) in [6.07, 6.45) is 2.16. The van der Waals surface area contributed by atoms with Crippen molar-refractivity contribution in [2.75, 3.05) is 27.3 Å². The van der Waals surface area contributed by atoms with Gasteiger partial charge in [-0.15, -0.1) is 0 Å². The molecule has 0 aliphatic heterocycles. The molecule has 0 aliphatic rings. The highest BCUT2D eigenvalue weighted by Gasteiger charge is 2.43. The molecule has 33 heavy (non-hydrogen) atoms. The number of nitrogens with one attached hydrogen (secondary N) is 2. The topological polar surface area (TPSA) is 108 Å². The van der Waals surface area contributed by atoms with Crippen molar-refractivity contribution in [3.63, 3.8) is 0 Å². The zero-order chi connectivity index (χ0) is 26.1. The van der Waals surface area contributed by atoms with Gasteiger partial charge in [0.1, 0.15) is 11.6 Å². The van der Waals surface area contributed by atoms with Gasteiger partial charge in [0.05, 0.1) is 19.3 Å². The van der Waals surface area contributed by atoms with Gasteiger partial charge in [0.2, 0.25) is 11.8 Å². The Labute approximate surface area is 200 Å². The Morgan fingerprint density at radius 3 is 2.03 bits per heavy atom. The number of aliphatic hydroxyl groups is 1. The molecule has 1 unspecified atom stereocenters. The Bertz CT molecular complexity index is 691. The molecule has 0 bridgehead atoms. The van der Waals surface area contributed by atoms with Gasteiger partial charge in [-0.1, -0.05) is 54.5 Å². The molecule has 8 nitrogen and oxygen atoms in total. The van der Waals surface area contributed by atoms with Crippen LogP contribution in [0.3, 0.4) is 0 Å². The van der Waals surface area contributed by atoms with Crippen LogP contribution >= 0.6 is 0 Å². The fourth-order valence-electron chi connectivity index (χ4n) is 3.81. The molecule has 0 rings (SSSR count). The molecule has 2 amide bonds. The number of rotatable bonds is 12. The predicted octanol–water partition coefficient (Wildman–Crippen LogP) is 2.51. The van der Waals surface area contributed by atoms with E-state index in [4.69, 9.17) is 4.74 Å². The molecule has 0 radical (unpaired) electrons. The van der Waals surface area contributed by atoms with Gasteiger partial charge in [0.15, 0.2) is 0 Å². The van der Waals surface area contributed by atoms with Crippen LogP contribution in [0, 0.1) is 17.3 Å². The minimum absolute atomic E-state index is 0.0226. The van der Waals surface area contributed by atoms with Crippen LogP contribution < -0.4 is 10.6 Å². The van der Waals surface area contributed by atoms with Crippen molar-refractivity contribution in [1.29, 1.82) is 0 Å². The quantitative estimate of drug-likeness (QED) is 0.299. The predicted molar refractivity (Wildman–Crippen MR) is 132 cm³/mol. The summed E-state index contributed by atoms with van der Waals surface area (Å²) in [5.74, 6) is -0.921. The number of hydrogen-bond acceptors (Lipinski definition) is 6. The molecule has 0 heterocycles. The maximum Gasteiger partial charge on any atom is 0.333 e. The molecule has 0 aliphatic carbocycles. The van der Waals surface area contributed by atoms with E-state index in [1.54, 1.807) is 38.9 Å². The monoisotopic (exact) mass is 469 g/mol. The minimum atomic E-state index is -1.19. The fraction of sp³-hybridized carbons (Fsp3) is 0.800. The fourth-order valence-corrected chi connectivity index (χ4v) is 3.81. The van der Waals surface area contributed by atoms with Gasteiger partial charge in [-0.05, 0) is 44.6 Å². The number of hydrogen-bond donors (Lipinski definition) is 3. The van der Waals surface area contributed by atoms with E-state index in [-0.39, 0.29) is 37.0 Å². The van der Waals surface area contributed by atoms with Gasteiger partial charge >= 0.3 is 5.97 Å². The van der Waals surface area contributed by atoms with E-state index in [1.807, 2.05) is 48.5 Å². The van der Waals surface area contributed by atoms with E-state index in [0.29, 0.717) is 12.0 Å². The summed E-state index contributed by atoms with van der Waals surface area (Å²) in [4.78, 5) is 40.7. The minimum Gasteiger partial charge on any atom is -0.463 e. The number of esters is 1. The third-order valence-corrected chi connectivity index (χ3v) is 5.82. The van der Waals surface area contributed by atoms with E-state index in [0.717, 1.165) is 0 Å². The third-order valence-electron chi connectivity index (χ3n) is 5.82. The molecule has 0 spiro atoms. The summed E-state index contributed by atoms with van der Waals surface area (Å²) in [5.41, 5.74) is -1.35. The Kier molecular flexibility index (Phi) is 12.3. The molecular formula is C25H47N3O5. The lowest BCUT2D eigenvalue weighted by Gasteiger charge is -2.40. The van der Waals surface area contributed by atoms with Crippen LogP contribution in [0.4, 0.5) is 0 Å². The van der Waals surface area contributed by atoms with Crippen molar-refractivity contribution in [3.05, 3.63) is 11.6 Å². The Morgan fingerprint density at radius 2 is 1.67 bits per heavy atom. The van der Waals surface area contributed by atoms with Crippen molar-refractivity contribution in [2.24, 2.45) is 17.3 Å². The summed E-state index contributed by atoms with van der Waals surface area (Å²) in [5, 5.41) is 15.9. The standard InChI is InChI=1S/C25H47N3O5/c1-12-33-22(31)18(6)13-19(17(4)5)28(11)21(30)20(24(7,8)9)27-23(32)25(15-29,26-10)14-16(2)3/h13,16-17,19-20,26,29H,12,14-15H2,1-11H3,(H,27,32)/t19-,20-,25?/m1/s1. The summed E-state index contributed by atoms with van der Waals surface area (Å²) in [6.45, 7) is 16.8. The first-order chi connectivity index (χ1) is 15.1. The summed E-state index contributed by atoms with van der Waals surface area (Å²) in [6, 6.07) is -1.20. The lowest BCUT2D eigenvalue weighted by atomic mass is 9.83. The number of likely N-dealkylation sites (N-methyl/N-ethyl adjacent to an activating group) is 2. The summed E-state index contributed by atoms with van der Waals surface area (Å²) < 4.78 is 5.07. The van der Waals surface area contributed by atoms with Crippen molar-refractivity contribution in [2.45, 2.75) is 86.4 Å². The first kappa shape index (κ1) is 31.1. The van der Waals surface area contributed by atoms with E-state index >= 15 is 0 Å². The largest absolute Gasteiger partial charge is 0.463 e. The molecule has 8 heteroatoms. The number of nitrogens with zero attached hydrogens (tertiary/aromatic N) is 1. The number of amides is 2. The van der Waals surface area contributed by atoms with Crippen molar-refractivity contribution >= 4 is 17.8 Å². The summed E-state index contributed by atoms with van der Waals surface area (Å²) in [7, 11) is 3.31. The molecular weight excluding hydrogens is 422 g/mol. The van der Waals surface area contributed by atoms with Crippen molar-refractivity contribution in [3.8, 4) is 0 Å². The van der Waals surface area contributed by atoms with Gasteiger partial charge in [-0.3, -0.25) is 9.59 Å². The molecule has 0 saturated heterocycles. The van der Waals surface area contributed by atoms with E-state index in [9.17, 15) is 19.5 Å². The van der Waals surface area contributed by atoms with Gasteiger partial charge < -0.3 is 25.4 Å². The van der Waals surface area contributed by atoms with Gasteiger partial charge in [-0.2, -0.15) is 0 Å². The van der Waals surface area contributed by atoms with Crippen LogP contribution in [0.25, 0.3) is 0 Å². The second-order valence-electron chi connectivity index (χ2n) is 10.6. The van der Waals surface area contributed by atoms with Crippen molar-refractivity contribution in [1.82, 2.24) is 15.5 Å². The van der Waals surface area contributed by atoms with E-state index in [1.165, 1.54) is 0 Å². The molecule has 0 aromatic carbocycles. The molecule has 0 aromatic heterocycles. The highest BCUT2D eigenvalue weighted by molar-refractivity contribution is 5.93. The second-order valence-corrected chi connectivity index (χ2v) is 10.6. The average molecular weight is 470 g/mol. The molecule has 3 N–H and O–H groups in total. The van der Waals surface area contributed by atoms with Crippen LogP contribution in [0.5, 0.6) is 0 Å². The zero-order valence-electron chi connectivity index (χ0n) is 22.5. The number of ether oxygens (including phenoxy) is 1. The maximum absolute atomic E-state index is 13.7. The third kappa shape index (κ3) is 8.74. The first-order valence-electron chi connectivity index (χ1n) is 11.8. The van der Waals surface area contributed by atoms with Crippen LogP contribution in [0.2, 0.25) is 0 Å². The molecule has 0 aromatic rings. The Morgan fingerprint density at radius 1 is 1.12 bits per heavy atom. The SMILES string of the molecule is CCOC(=O)C(C)=C[C@H](C(C)C)N(C)C(=O)[C@@H](NC(=O)C(CO)(CC(C)C)NC)C(C)(C)C. The number of aliphatic hydroxyl groups excluding tert-OH is 1. The summed E-state index contributed by atoms with van der Waals surface area (Å²) >= 11 is 0. The molecule has 3 atom stereocenters. The van der Waals surface area contributed by atoms with Crippen molar-refractivity contribution < 1.29 is 24.2 Å². The smallest absolute Gasteiger partial charge is 0.333 e. The number of carbonyl (C=O) groups excluding carboxylic acids is 3. The zero-order valence-corrected chi connectivity index (χ0v) is 22.5. The maximum atomic E-state index is 13.7. The highest BCUT2D eigenvalue weighted by atomic mass is 16.5.